The lowest BCUT2D eigenvalue weighted by Crippen LogP contribution is -2.43. The van der Waals surface area contributed by atoms with E-state index in [1.54, 1.807) is 0 Å². The fourth-order valence-corrected chi connectivity index (χ4v) is 2.06. The predicted octanol–water partition coefficient (Wildman–Crippen LogP) is 0.927. The maximum Gasteiger partial charge on any atom is 0.236 e. The van der Waals surface area contributed by atoms with Gasteiger partial charge in [-0.3, -0.25) is 9.69 Å². The summed E-state index contributed by atoms with van der Waals surface area (Å²) in [7, 11) is 2.18. The highest BCUT2D eigenvalue weighted by Gasteiger charge is 2.28. The summed E-state index contributed by atoms with van der Waals surface area (Å²) in [6.45, 7) is 9.20. The minimum atomic E-state index is 0.205. The largest absolute Gasteiger partial charge is 0.342 e. The van der Waals surface area contributed by atoms with Crippen molar-refractivity contribution in [1.29, 1.82) is 0 Å². The summed E-state index contributed by atoms with van der Waals surface area (Å²) in [6.07, 6.45) is 2.67. The van der Waals surface area contributed by atoms with Crippen LogP contribution in [0.4, 0.5) is 0 Å². The molecule has 0 saturated heterocycles. The Labute approximate surface area is 105 Å². The van der Waals surface area contributed by atoms with Crippen molar-refractivity contribution < 1.29 is 4.79 Å². The van der Waals surface area contributed by atoms with Gasteiger partial charge in [-0.25, -0.2) is 0 Å². The summed E-state index contributed by atoms with van der Waals surface area (Å²) < 4.78 is 0. The molecule has 0 aromatic carbocycles. The molecular weight excluding hydrogens is 214 g/mol. The van der Waals surface area contributed by atoms with Crippen LogP contribution in [0.25, 0.3) is 0 Å². The zero-order chi connectivity index (χ0) is 12.8. The third kappa shape index (κ3) is 4.64. The van der Waals surface area contributed by atoms with Crippen molar-refractivity contribution in [3.8, 4) is 0 Å². The normalized spacial score (nSPS) is 17.2. The molecule has 0 aliphatic heterocycles. The fourth-order valence-electron chi connectivity index (χ4n) is 2.06. The van der Waals surface area contributed by atoms with Crippen molar-refractivity contribution in [2.75, 3.05) is 33.2 Å². The first kappa shape index (κ1) is 14.5. The van der Waals surface area contributed by atoms with Crippen LogP contribution in [0.1, 0.15) is 33.6 Å². The zero-order valence-corrected chi connectivity index (χ0v) is 11.7. The molecule has 0 aromatic heterocycles. The predicted molar refractivity (Wildman–Crippen MR) is 71.0 cm³/mol. The first-order valence-corrected chi connectivity index (χ1v) is 6.80. The van der Waals surface area contributed by atoms with E-state index < -0.39 is 0 Å². The van der Waals surface area contributed by atoms with Gasteiger partial charge in [0.1, 0.15) is 0 Å². The summed E-state index contributed by atoms with van der Waals surface area (Å²) in [5, 5.41) is 3.26. The minimum Gasteiger partial charge on any atom is -0.342 e. The smallest absolute Gasteiger partial charge is 0.236 e. The van der Waals surface area contributed by atoms with E-state index in [1.807, 2.05) is 18.7 Å². The molecule has 1 amide bonds. The van der Waals surface area contributed by atoms with Crippen molar-refractivity contribution in [1.82, 2.24) is 15.1 Å². The molecule has 4 heteroatoms. The van der Waals surface area contributed by atoms with Gasteiger partial charge in [-0.15, -0.1) is 0 Å². The van der Waals surface area contributed by atoms with Crippen LogP contribution in [-0.4, -0.2) is 61.0 Å². The van der Waals surface area contributed by atoms with Crippen LogP contribution in [0.15, 0.2) is 0 Å². The average molecular weight is 241 g/mol. The van der Waals surface area contributed by atoms with Gasteiger partial charge >= 0.3 is 0 Å². The van der Waals surface area contributed by atoms with E-state index in [4.69, 9.17) is 0 Å². The molecule has 1 unspecified atom stereocenters. The third-order valence-electron chi connectivity index (χ3n) is 3.65. The van der Waals surface area contributed by atoms with Gasteiger partial charge in [-0.05, 0) is 40.7 Å². The summed E-state index contributed by atoms with van der Waals surface area (Å²) in [6, 6.07) is 1.29. The first-order chi connectivity index (χ1) is 8.10. The molecule has 1 aliphatic rings. The van der Waals surface area contributed by atoms with E-state index in [1.165, 1.54) is 12.8 Å². The average Bonchev–Trinajstić information content (AvgIpc) is 3.13. The monoisotopic (exact) mass is 241 g/mol. The van der Waals surface area contributed by atoms with Gasteiger partial charge in [0.25, 0.3) is 0 Å². The van der Waals surface area contributed by atoms with Crippen LogP contribution in [-0.2, 0) is 4.79 Å². The Hall–Kier alpha value is -0.610. The van der Waals surface area contributed by atoms with Crippen LogP contribution in [0.2, 0.25) is 0 Å². The first-order valence-electron chi connectivity index (χ1n) is 6.80. The maximum absolute atomic E-state index is 11.8. The molecule has 1 saturated carbocycles. The summed E-state index contributed by atoms with van der Waals surface area (Å²) in [5.74, 6) is 0.205. The van der Waals surface area contributed by atoms with Crippen molar-refractivity contribution in [3.63, 3.8) is 0 Å². The highest BCUT2D eigenvalue weighted by atomic mass is 16.2. The van der Waals surface area contributed by atoms with Gasteiger partial charge < -0.3 is 10.2 Å². The van der Waals surface area contributed by atoms with Crippen LogP contribution >= 0.6 is 0 Å². The van der Waals surface area contributed by atoms with E-state index in [9.17, 15) is 4.79 Å². The number of amides is 1. The molecule has 0 radical (unpaired) electrons. The fraction of sp³-hybridized carbons (Fsp3) is 0.923. The molecule has 1 fully saturated rings. The topological polar surface area (TPSA) is 35.6 Å². The third-order valence-corrected chi connectivity index (χ3v) is 3.65. The van der Waals surface area contributed by atoms with Crippen LogP contribution in [0.3, 0.4) is 0 Å². The molecule has 17 heavy (non-hydrogen) atoms. The Morgan fingerprint density at radius 1 is 1.35 bits per heavy atom. The minimum absolute atomic E-state index is 0.205. The Bertz CT molecular complexity index is 237. The maximum atomic E-state index is 11.8. The van der Waals surface area contributed by atoms with Crippen molar-refractivity contribution >= 4 is 5.91 Å². The number of carbonyl (C=O) groups is 1. The molecule has 1 atom stereocenters. The Kier molecular flexibility index (Phi) is 5.92. The highest BCUT2D eigenvalue weighted by molar-refractivity contribution is 5.78. The quantitative estimate of drug-likeness (QED) is 0.686. The van der Waals surface area contributed by atoms with E-state index in [0.717, 1.165) is 25.7 Å². The van der Waals surface area contributed by atoms with Crippen molar-refractivity contribution in [2.45, 2.75) is 45.7 Å². The van der Waals surface area contributed by atoms with Crippen molar-refractivity contribution in [2.24, 2.45) is 0 Å². The van der Waals surface area contributed by atoms with Gasteiger partial charge in [0.05, 0.1) is 6.54 Å². The Morgan fingerprint density at radius 2 is 1.94 bits per heavy atom. The zero-order valence-electron chi connectivity index (χ0n) is 11.7. The van der Waals surface area contributed by atoms with Gasteiger partial charge in [-0.2, -0.15) is 0 Å². The summed E-state index contributed by atoms with van der Waals surface area (Å²) in [5.41, 5.74) is 0. The molecule has 100 valence electrons. The molecule has 0 aromatic rings. The van der Waals surface area contributed by atoms with E-state index in [2.05, 4.69) is 24.2 Å². The number of hydrogen-bond donors (Lipinski definition) is 1. The molecule has 1 aliphatic carbocycles. The standard InChI is InChI=1S/C13H27N3O/c1-5-16(6-2)13(17)10-14-9-11(3)15(4)12-7-8-12/h11-12,14H,5-10H2,1-4H3. The van der Waals surface area contributed by atoms with E-state index in [-0.39, 0.29) is 5.91 Å². The molecular formula is C13H27N3O. The number of carbonyl (C=O) groups excluding carboxylic acids is 1. The number of rotatable bonds is 8. The molecule has 1 N–H and O–H groups in total. The second-order valence-corrected chi connectivity index (χ2v) is 4.94. The number of hydrogen-bond acceptors (Lipinski definition) is 3. The summed E-state index contributed by atoms with van der Waals surface area (Å²) >= 11 is 0. The van der Waals surface area contributed by atoms with Crippen LogP contribution < -0.4 is 5.32 Å². The Balaban J connectivity index is 2.15. The Morgan fingerprint density at radius 3 is 2.41 bits per heavy atom. The SMILES string of the molecule is CCN(CC)C(=O)CNCC(C)N(C)C1CC1. The summed E-state index contributed by atoms with van der Waals surface area (Å²) in [4.78, 5) is 16.0. The molecule has 0 heterocycles. The lowest BCUT2D eigenvalue weighted by atomic mass is 10.3. The molecule has 4 nitrogen and oxygen atoms in total. The van der Waals surface area contributed by atoms with Gasteiger partial charge in [0.15, 0.2) is 0 Å². The van der Waals surface area contributed by atoms with Crippen molar-refractivity contribution in [3.05, 3.63) is 0 Å². The van der Waals surface area contributed by atoms with E-state index in [0.29, 0.717) is 12.6 Å². The molecule has 0 bridgehead atoms. The highest BCUT2D eigenvalue weighted by Crippen LogP contribution is 2.26. The lowest BCUT2D eigenvalue weighted by Gasteiger charge is -2.25. The number of nitrogens with zero attached hydrogens (tertiary/aromatic N) is 2. The number of nitrogens with one attached hydrogen (secondary N) is 1. The molecule has 1 rings (SSSR count). The number of likely N-dealkylation sites (N-methyl/N-ethyl adjacent to an activating group) is 2. The van der Waals surface area contributed by atoms with Crippen LogP contribution in [0, 0.1) is 0 Å². The molecule has 0 spiro atoms. The van der Waals surface area contributed by atoms with Gasteiger partial charge in [-0.1, -0.05) is 0 Å². The lowest BCUT2D eigenvalue weighted by molar-refractivity contribution is -0.129. The van der Waals surface area contributed by atoms with Gasteiger partial charge in [0.2, 0.25) is 5.91 Å². The van der Waals surface area contributed by atoms with Gasteiger partial charge in [0, 0.05) is 31.7 Å². The van der Waals surface area contributed by atoms with E-state index >= 15 is 0 Å². The second kappa shape index (κ2) is 6.97. The second-order valence-electron chi connectivity index (χ2n) is 4.94. The van der Waals surface area contributed by atoms with Crippen LogP contribution in [0.5, 0.6) is 0 Å².